The molecule has 0 amide bonds. The van der Waals surface area contributed by atoms with Crippen LogP contribution in [0.5, 0.6) is 0 Å². The molecule has 106 valence electrons. The number of nitrogens with zero attached hydrogens (tertiary/aromatic N) is 1. The van der Waals surface area contributed by atoms with Crippen molar-refractivity contribution in [3.63, 3.8) is 0 Å². The molecular formula is C16H25BrN2. The zero-order valence-corrected chi connectivity index (χ0v) is 13.8. The third-order valence-corrected chi connectivity index (χ3v) is 4.54. The normalized spacial score (nSPS) is 24.9. The molecule has 3 heteroatoms. The Labute approximate surface area is 125 Å². The molecule has 0 radical (unpaired) electrons. The number of piperidine rings is 1. The molecule has 0 saturated carbocycles. The van der Waals surface area contributed by atoms with E-state index in [-0.39, 0.29) is 0 Å². The summed E-state index contributed by atoms with van der Waals surface area (Å²) in [6.45, 7) is 6.77. The van der Waals surface area contributed by atoms with Gasteiger partial charge in [-0.1, -0.05) is 41.9 Å². The standard InChI is InChI=1S/C16H25BrN2/c1-12(2)18-11-14-5-4-10-19(3)16(14)13-6-8-15(17)9-7-13/h6-9,12,14,16,18H,4-5,10-11H2,1-3H3. The summed E-state index contributed by atoms with van der Waals surface area (Å²) in [7, 11) is 2.26. The largest absolute Gasteiger partial charge is 0.314 e. The summed E-state index contributed by atoms with van der Waals surface area (Å²) in [5, 5.41) is 3.61. The highest BCUT2D eigenvalue weighted by Gasteiger charge is 2.30. The summed E-state index contributed by atoms with van der Waals surface area (Å²) in [4.78, 5) is 2.51. The van der Waals surface area contributed by atoms with E-state index in [0.29, 0.717) is 18.0 Å². The first kappa shape index (κ1) is 15.0. The number of benzene rings is 1. The van der Waals surface area contributed by atoms with Gasteiger partial charge in [-0.3, -0.25) is 4.90 Å². The molecule has 1 heterocycles. The first-order valence-electron chi connectivity index (χ1n) is 7.27. The van der Waals surface area contributed by atoms with Crippen molar-refractivity contribution in [1.82, 2.24) is 10.2 Å². The Kier molecular flexibility index (Phi) is 5.43. The highest BCUT2D eigenvalue weighted by atomic mass is 79.9. The van der Waals surface area contributed by atoms with Crippen LogP contribution in [-0.2, 0) is 0 Å². The van der Waals surface area contributed by atoms with Gasteiger partial charge in [0.2, 0.25) is 0 Å². The van der Waals surface area contributed by atoms with Gasteiger partial charge in [0.05, 0.1) is 0 Å². The Morgan fingerprint density at radius 1 is 1.32 bits per heavy atom. The molecule has 0 aromatic heterocycles. The van der Waals surface area contributed by atoms with E-state index >= 15 is 0 Å². The molecule has 1 aliphatic rings. The molecule has 0 spiro atoms. The van der Waals surface area contributed by atoms with Crippen molar-refractivity contribution in [3.05, 3.63) is 34.3 Å². The van der Waals surface area contributed by atoms with Gasteiger partial charge in [0.1, 0.15) is 0 Å². The van der Waals surface area contributed by atoms with Gasteiger partial charge in [-0.25, -0.2) is 0 Å². The van der Waals surface area contributed by atoms with Gasteiger partial charge in [-0.2, -0.15) is 0 Å². The van der Waals surface area contributed by atoms with E-state index in [1.165, 1.54) is 24.9 Å². The summed E-state index contributed by atoms with van der Waals surface area (Å²) < 4.78 is 1.16. The fraction of sp³-hybridized carbons (Fsp3) is 0.625. The third-order valence-electron chi connectivity index (χ3n) is 4.01. The Morgan fingerprint density at radius 3 is 2.63 bits per heavy atom. The molecule has 1 aromatic carbocycles. The van der Waals surface area contributed by atoms with Gasteiger partial charge in [0, 0.05) is 23.1 Å². The van der Waals surface area contributed by atoms with Crippen LogP contribution in [0.25, 0.3) is 0 Å². The Morgan fingerprint density at radius 2 is 2.00 bits per heavy atom. The van der Waals surface area contributed by atoms with Crippen LogP contribution in [0, 0.1) is 5.92 Å². The lowest BCUT2D eigenvalue weighted by molar-refractivity contribution is 0.118. The molecular weight excluding hydrogens is 300 g/mol. The number of rotatable bonds is 4. The molecule has 19 heavy (non-hydrogen) atoms. The van der Waals surface area contributed by atoms with Crippen LogP contribution < -0.4 is 5.32 Å². The van der Waals surface area contributed by atoms with E-state index in [9.17, 15) is 0 Å². The highest BCUT2D eigenvalue weighted by molar-refractivity contribution is 9.10. The average Bonchev–Trinajstić information content (AvgIpc) is 2.38. The minimum absolute atomic E-state index is 0.549. The van der Waals surface area contributed by atoms with E-state index in [1.807, 2.05) is 0 Å². The molecule has 1 aliphatic heterocycles. The lowest BCUT2D eigenvalue weighted by Gasteiger charge is -2.40. The van der Waals surface area contributed by atoms with Crippen LogP contribution in [-0.4, -0.2) is 31.1 Å². The molecule has 2 atom stereocenters. The SMILES string of the molecule is CC(C)NCC1CCCN(C)C1c1ccc(Br)cc1. The topological polar surface area (TPSA) is 15.3 Å². The van der Waals surface area contributed by atoms with Crippen molar-refractivity contribution in [2.75, 3.05) is 20.1 Å². The van der Waals surface area contributed by atoms with Crippen LogP contribution in [0.4, 0.5) is 0 Å². The first-order chi connectivity index (χ1) is 9.08. The summed E-state index contributed by atoms with van der Waals surface area (Å²) in [6.07, 6.45) is 2.64. The van der Waals surface area contributed by atoms with Crippen LogP contribution in [0.1, 0.15) is 38.3 Å². The van der Waals surface area contributed by atoms with E-state index in [1.54, 1.807) is 0 Å². The highest BCUT2D eigenvalue weighted by Crippen LogP contribution is 2.35. The van der Waals surface area contributed by atoms with E-state index in [2.05, 4.69) is 71.3 Å². The van der Waals surface area contributed by atoms with Crippen LogP contribution in [0.15, 0.2) is 28.7 Å². The Bertz CT molecular complexity index is 388. The lowest BCUT2D eigenvalue weighted by Crippen LogP contribution is -2.41. The van der Waals surface area contributed by atoms with Crippen LogP contribution >= 0.6 is 15.9 Å². The molecule has 1 fully saturated rings. The fourth-order valence-electron chi connectivity index (χ4n) is 3.05. The zero-order chi connectivity index (χ0) is 13.8. The van der Waals surface area contributed by atoms with Gasteiger partial charge < -0.3 is 5.32 Å². The number of nitrogens with one attached hydrogen (secondary N) is 1. The van der Waals surface area contributed by atoms with Gasteiger partial charge in [-0.05, 0) is 50.0 Å². The van der Waals surface area contributed by atoms with Crippen LogP contribution in [0.3, 0.4) is 0 Å². The van der Waals surface area contributed by atoms with Crippen molar-refractivity contribution in [3.8, 4) is 0 Å². The minimum Gasteiger partial charge on any atom is -0.314 e. The molecule has 2 nitrogen and oxygen atoms in total. The van der Waals surface area contributed by atoms with Gasteiger partial charge in [0.15, 0.2) is 0 Å². The quantitative estimate of drug-likeness (QED) is 0.905. The second-order valence-corrected chi connectivity index (χ2v) is 6.86. The van der Waals surface area contributed by atoms with E-state index in [4.69, 9.17) is 0 Å². The van der Waals surface area contributed by atoms with Crippen molar-refractivity contribution in [2.45, 2.75) is 38.8 Å². The number of halogens is 1. The second-order valence-electron chi connectivity index (χ2n) is 5.94. The van der Waals surface area contributed by atoms with Gasteiger partial charge >= 0.3 is 0 Å². The third kappa shape index (κ3) is 4.04. The Hall–Kier alpha value is -0.380. The minimum atomic E-state index is 0.549. The molecule has 2 rings (SSSR count). The van der Waals surface area contributed by atoms with Crippen molar-refractivity contribution in [2.24, 2.45) is 5.92 Å². The van der Waals surface area contributed by atoms with Crippen molar-refractivity contribution >= 4 is 15.9 Å². The molecule has 1 saturated heterocycles. The fourth-order valence-corrected chi connectivity index (χ4v) is 3.31. The maximum Gasteiger partial charge on any atom is 0.0385 e. The Balaban J connectivity index is 2.13. The zero-order valence-electron chi connectivity index (χ0n) is 12.2. The molecule has 1 aromatic rings. The predicted octanol–water partition coefficient (Wildman–Crippen LogP) is 3.83. The van der Waals surface area contributed by atoms with E-state index in [0.717, 1.165) is 11.0 Å². The summed E-state index contributed by atoms with van der Waals surface area (Å²) in [5.74, 6) is 0.710. The molecule has 0 bridgehead atoms. The average molecular weight is 325 g/mol. The summed E-state index contributed by atoms with van der Waals surface area (Å²) in [5.41, 5.74) is 1.45. The summed E-state index contributed by atoms with van der Waals surface area (Å²) in [6, 6.07) is 9.96. The number of hydrogen-bond donors (Lipinski definition) is 1. The van der Waals surface area contributed by atoms with Crippen molar-refractivity contribution in [1.29, 1.82) is 0 Å². The van der Waals surface area contributed by atoms with Gasteiger partial charge in [-0.15, -0.1) is 0 Å². The maximum absolute atomic E-state index is 3.61. The second kappa shape index (κ2) is 6.87. The van der Waals surface area contributed by atoms with E-state index < -0.39 is 0 Å². The molecule has 0 aliphatic carbocycles. The number of hydrogen-bond acceptors (Lipinski definition) is 2. The summed E-state index contributed by atoms with van der Waals surface area (Å²) >= 11 is 3.52. The molecule has 1 N–H and O–H groups in total. The smallest absolute Gasteiger partial charge is 0.0385 e. The van der Waals surface area contributed by atoms with Gasteiger partial charge in [0.25, 0.3) is 0 Å². The predicted molar refractivity (Wildman–Crippen MR) is 85.4 cm³/mol. The first-order valence-corrected chi connectivity index (χ1v) is 8.06. The monoisotopic (exact) mass is 324 g/mol. The maximum atomic E-state index is 3.61. The molecule has 2 unspecified atom stereocenters. The van der Waals surface area contributed by atoms with Crippen LogP contribution in [0.2, 0.25) is 0 Å². The number of likely N-dealkylation sites (tertiary alicyclic amines) is 1. The van der Waals surface area contributed by atoms with Crippen molar-refractivity contribution < 1.29 is 0 Å². The lowest BCUT2D eigenvalue weighted by atomic mass is 9.85.